The molecule has 1 aliphatic rings. The third-order valence-corrected chi connectivity index (χ3v) is 5.61. The lowest BCUT2D eigenvalue weighted by Crippen LogP contribution is -2.44. The van der Waals surface area contributed by atoms with Crippen molar-refractivity contribution in [2.75, 3.05) is 19.3 Å². The molecule has 110 valence electrons. The van der Waals surface area contributed by atoms with Gasteiger partial charge in [-0.05, 0) is 43.5 Å². The minimum atomic E-state index is -3.67. The highest BCUT2D eigenvalue weighted by molar-refractivity contribution is 7.89. The van der Waals surface area contributed by atoms with E-state index in [9.17, 15) is 13.2 Å². The minimum Gasteiger partial charge on any atom is -0.399 e. The number of anilines is 1. The van der Waals surface area contributed by atoms with Gasteiger partial charge < -0.3 is 11.1 Å². The van der Waals surface area contributed by atoms with Crippen LogP contribution in [0.5, 0.6) is 0 Å². The van der Waals surface area contributed by atoms with Gasteiger partial charge in [-0.15, -0.1) is 0 Å². The molecule has 0 radical (unpaired) electrons. The number of aryl methyl sites for hydroxylation is 1. The summed E-state index contributed by atoms with van der Waals surface area (Å²) in [5.74, 6) is -0.265. The lowest BCUT2D eigenvalue weighted by Gasteiger charge is -2.23. The number of likely N-dealkylation sites (N-methyl/N-ethyl adjacent to an activating group) is 1. The highest BCUT2D eigenvalue weighted by Crippen LogP contribution is 2.28. The van der Waals surface area contributed by atoms with E-state index in [0.29, 0.717) is 30.6 Å². The van der Waals surface area contributed by atoms with Gasteiger partial charge in [0.15, 0.2) is 0 Å². The molecule has 1 aliphatic heterocycles. The van der Waals surface area contributed by atoms with Crippen LogP contribution in [0.4, 0.5) is 5.69 Å². The number of benzene rings is 1. The van der Waals surface area contributed by atoms with Crippen molar-refractivity contribution in [2.45, 2.75) is 30.7 Å². The Hall–Kier alpha value is -1.60. The van der Waals surface area contributed by atoms with E-state index in [4.69, 9.17) is 5.73 Å². The van der Waals surface area contributed by atoms with Crippen molar-refractivity contribution < 1.29 is 13.2 Å². The van der Waals surface area contributed by atoms with E-state index in [2.05, 4.69) is 5.32 Å². The van der Waals surface area contributed by atoms with Crippen molar-refractivity contribution in [3.05, 3.63) is 23.8 Å². The summed E-state index contributed by atoms with van der Waals surface area (Å²) in [4.78, 5) is 12.0. The fourth-order valence-corrected chi connectivity index (χ4v) is 4.41. The first-order chi connectivity index (χ1) is 9.37. The second-order valence-electron chi connectivity index (χ2n) is 4.91. The second kappa shape index (κ2) is 5.41. The molecule has 0 spiro atoms. The number of amides is 1. The Morgan fingerprint density at radius 3 is 2.75 bits per heavy atom. The van der Waals surface area contributed by atoms with E-state index in [1.54, 1.807) is 19.1 Å². The van der Waals surface area contributed by atoms with Gasteiger partial charge in [0.05, 0.1) is 4.90 Å². The Kier molecular flexibility index (Phi) is 4.01. The van der Waals surface area contributed by atoms with Crippen molar-refractivity contribution >= 4 is 21.6 Å². The molecule has 0 aromatic heterocycles. The Bertz CT molecular complexity index is 628. The average Bonchev–Trinajstić information content (AvgIpc) is 2.87. The maximum absolute atomic E-state index is 12.7. The molecule has 1 atom stereocenters. The van der Waals surface area contributed by atoms with Gasteiger partial charge in [-0.3, -0.25) is 4.79 Å². The quantitative estimate of drug-likeness (QED) is 0.794. The average molecular weight is 297 g/mol. The summed E-state index contributed by atoms with van der Waals surface area (Å²) >= 11 is 0. The van der Waals surface area contributed by atoms with Crippen LogP contribution in [0.2, 0.25) is 0 Å². The van der Waals surface area contributed by atoms with Gasteiger partial charge >= 0.3 is 0 Å². The van der Waals surface area contributed by atoms with Crippen LogP contribution in [0.1, 0.15) is 18.4 Å². The molecule has 1 fully saturated rings. The van der Waals surface area contributed by atoms with E-state index < -0.39 is 16.1 Å². The number of nitrogens with zero attached hydrogens (tertiary/aromatic N) is 1. The molecule has 2 rings (SSSR count). The van der Waals surface area contributed by atoms with Crippen molar-refractivity contribution in [1.82, 2.24) is 9.62 Å². The first-order valence-corrected chi connectivity index (χ1v) is 7.91. The molecule has 20 heavy (non-hydrogen) atoms. The lowest BCUT2D eigenvalue weighted by molar-refractivity contribution is -0.123. The van der Waals surface area contributed by atoms with Crippen LogP contribution in [-0.2, 0) is 14.8 Å². The standard InChI is InChI=1S/C13H19N3O3S/c1-9-8-10(14)5-6-12(9)20(18,19)16-7-3-4-11(16)13(17)15-2/h5-6,8,11H,3-4,7,14H2,1-2H3,(H,15,17). The van der Waals surface area contributed by atoms with Crippen LogP contribution < -0.4 is 11.1 Å². The summed E-state index contributed by atoms with van der Waals surface area (Å²) in [6.07, 6.45) is 1.23. The summed E-state index contributed by atoms with van der Waals surface area (Å²) in [5, 5.41) is 2.52. The summed E-state index contributed by atoms with van der Waals surface area (Å²) in [6.45, 7) is 2.07. The van der Waals surface area contributed by atoms with Gasteiger partial charge in [-0.25, -0.2) is 8.42 Å². The van der Waals surface area contributed by atoms with E-state index in [1.807, 2.05) is 0 Å². The minimum absolute atomic E-state index is 0.211. The van der Waals surface area contributed by atoms with Gasteiger partial charge in [-0.2, -0.15) is 4.31 Å². The molecule has 6 nitrogen and oxygen atoms in total. The van der Waals surface area contributed by atoms with Crippen LogP contribution in [0.3, 0.4) is 0 Å². The number of carbonyl (C=O) groups excluding carboxylic acids is 1. The molecular formula is C13H19N3O3S. The number of nitrogens with two attached hydrogens (primary N) is 1. The molecular weight excluding hydrogens is 278 g/mol. The summed E-state index contributed by atoms with van der Waals surface area (Å²) < 4.78 is 26.7. The number of hydrogen-bond acceptors (Lipinski definition) is 4. The summed E-state index contributed by atoms with van der Waals surface area (Å²) in [7, 11) is -2.16. The first kappa shape index (κ1) is 14.8. The van der Waals surface area contributed by atoms with Gasteiger partial charge in [0.1, 0.15) is 6.04 Å². The molecule has 1 heterocycles. The fraction of sp³-hybridized carbons (Fsp3) is 0.462. The zero-order chi connectivity index (χ0) is 14.9. The maximum atomic E-state index is 12.7. The molecule has 1 amide bonds. The predicted molar refractivity (Wildman–Crippen MR) is 76.6 cm³/mol. The number of rotatable bonds is 3. The van der Waals surface area contributed by atoms with E-state index in [-0.39, 0.29) is 10.8 Å². The van der Waals surface area contributed by atoms with Crippen LogP contribution in [0.15, 0.2) is 23.1 Å². The fourth-order valence-electron chi connectivity index (χ4n) is 2.54. The number of hydrogen-bond donors (Lipinski definition) is 2. The third kappa shape index (κ3) is 2.51. The zero-order valence-corrected chi connectivity index (χ0v) is 12.4. The van der Waals surface area contributed by atoms with E-state index in [0.717, 1.165) is 0 Å². The molecule has 3 N–H and O–H groups in total. The first-order valence-electron chi connectivity index (χ1n) is 6.47. The van der Waals surface area contributed by atoms with Crippen molar-refractivity contribution in [1.29, 1.82) is 0 Å². The number of nitrogens with one attached hydrogen (secondary N) is 1. The number of carbonyl (C=O) groups is 1. The summed E-state index contributed by atoms with van der Waals surface area (Å²) in [5.41, 5.74) is 6.76. The molecule has 0 aliphatic carbocycles. The normalized spacial score (nSPS) is 20.0. The number of sulfonamides is 1. The molecule has 0 saturated carbocycles. The van der Waals surface area contributed by atoms with Gasteiger partial charge in [0.25, 0.3) is 0 Å². The lowest BCUT2D eigenvalue weighted by atomic mass is 10.2. The van der Waals surface area contributed by atoms with Crippen LogP contribution in [-0.4, -0.2) is 38.3 Å². The van der Waals surface area contributed by atoms with Crippen LogP contribution in [0, 0.1) is 6.92 Å². The molecule has 1 aromatic carbocycles. The Morgan fingerprint density at radius 1 is 1.45 bits per heavy atom. The number of nitrogen functional groups attached to an aromatic ring is 1. The van der Waals surface area contributed by atoms with Crippen molar-refractivity contribution in [2.24, 2.45) is 0 Å². The van der Waals surface area contributed by atoms with E-state index in [1.165, 1.54) is 17.4 Å². The van der Waals surface area contributed by atoms with E-state index >= 15 is 0 Å². The molecule has 0 bridgehead atoms. The third-order valence-electron chi connectivity index (χ3n) is 3.54. The largest absolute Gasteiger partial charge is 0.399 e. The SMILES string of the molecule is CNC(=O)C1CCCN1S(=O)(=O)c1ccc(N)cc1C. The Morgan fingerprint density at radius 2 is 2.15 bits per heavy atom. The van der Waals surface area contributed by atoms with Gasteiger partial charge in [0.2, 0.25) is 15.9 Å². The zero-order valence-electron chi connectivity index (χ0n) is 11.6. The molecule has 1 aromatic rings. The topological polar surface area (TPSA) is 92.5 Å². The highest BCUT2D eigenvalue weighted by Gasteiger charge is 2.39. The Labute approximate surface area is 119 Å². The molecule has 1 unspecified atom stereocenters. The Balaban J connectivity index is 2.41. The van der Waals surface area contributed by atoms with Gasteiger partial charge in [-0.1, -0.05) is 0 Å². The predicted octanol–water partition coefficient (Wildman–Crippen LogP) is 0.476. The van der Waals surface area contributed by atoms with Crippen LogP contribution in [0.25, 0.3) is 0 Å². The van der Waals surface area contributed by atoms with Crippen molar-refractivity contribution in [3.63, 3.8) is 0 Å². The highest BCUT2D eigenvalue weighted by atomic mass is 32.2. The molecule has 7 heteroatoms. The van der Waals surface area contributed by atoms with Crippen LogP contribution >= 0.6 is 0 Å². The summed E-state index contributed by atoms with van der Waals surface area (Å²) in [6, 6.07) is 4.06. The smallest absolute Gasteiger partial charge is 0.244 e. The molecule has 1 saturated heterocycles. The maximum Gasteiger partial charge on any atom is 0.244 e. The monoisotopic (exact) mass is 297 g/mol. The van der Waals surface area contributed by atoms with Crippen molar-refractivity contribution in [3.8, 4) is 0 Å². The van der Waals surface area contributed by atoms with Gasteiger partial charge in [0, 0.05) is 19.3 Å². The second-order valence-corrected chi connectivity index (χ2v) is 6.77.